The van der Waals surface area contributed by atoms with Gasteiger partial charge in [0.1, 0.15) is 5.75 Å². The maximum absolute atomic E-state index is 12.8. The lowest BCUT2D eigenvalue weighted by Crippen LogP contribution is -3.11. The van der Waals surface area contributed by atoms with Crippen LogP contribution in [0.15, 0.2) is 30.0 Å². The first-order valence-electron chi connectivity index (χ1n) is 9.88. The van der Waals surface area contributed by atoms with E-state index in [2.05, 4.69) is 18.3 Å². The Morgan fingerprint density at radius 2 is 2.07 bits per heavy atom. The molecule has 0 aromatic heterocycles. The van der Waals surface area contributed by atoms with Crippen molar-refractivity contribution in [2.45, 2.75) is 39.0 Å². The topological polar surface area (TPSA) is 63.1 Å². The molecule has 0 heterocycles. The molecule has 1 aromatic carbocycles. The van der Waals surface area contributed by atoms with Crippen molar-refractivity contribution < 1.29 is 19.2 Å². The minimum absolute atomic E-state index is 0.0700. The van der Waals surface area contributed by atoms with E-state index in [1.54, 1.807) is 18.2 Å². The van der Waals surface area contributed by atoms with Gasteiger partial charge in [-0.05, 0) is 50.3 Å². The van der Waals surface area contributed by atoms with Crippen LogP contribution < -0.4 is 15.0 Å². The van der Waals surface area contributed by atoms with Crippen LogP contribution >= 0.6 is 11.6 Å². The smallest absolute Gasteiger partial charge is 0.281 e. The number of likely N-dealkylation sites (N-methyl/N-ethyl adjacent to an activating group) is 1. The van der Waals surface area contributed by atoms with Gasteiger partial charge in [0.05, 0.1) is 19.8 Å². The zero-order valence-electron chi connectivity index (χ0n) is 17.0. The third-order valence-electron chi connectivity index (χ3n) is 4.71. The number of rotatable bonds is 9. The molecule has 1 atom stereocenters. The number of ether oxygens (including phenoxy) is 1. The third kappa shape index (κ3) is 6.53. The molecule has 0 spiro atoms. The Morgan fingerprint density at radius 3 is 2.71 bits per heavy atom. The van der Waals surface area contributed by atoms with Crippen LogP contribution in [0.4, 0.5) is 5.69 Å². The fourth-order valence-electron chi connectivity index (χ4n) is 3.38. The minimum atomic E-state index is -0.190. The van der Waals surface area contributed by atoms with Gasteiger partial charge in [-0.25, -0.2) is 0 Å². The number of hydrogen-bond acceptors (Lipinski definition) is 3. The monoisotopic (exact) mass is 408 g/mol. The van der Waals surface area contributed by atoms with Crippen LogP contribution in [0.3, 0.4) is 0 Å². The van der Waals surface area contributed by atoms with Gasteiger partial charge in [-0.2, -0.15) is 0 Å². The van der Waals surface area contributed by atoms with E-state index in [1.165, 1.54) is 13.5 Å². The van der Waals surface area contributed by atoms with Gasteiger partial charge in [0.25, 0.3) is 11.8 Å². The van der Waals surface area contributed by atoms with Crippen molar-refractivity contribution in [1.29, 1.82) is 0 Å². The molecule has 1 aliphatic carbocycles. The standard InChI is InChI=1S/C21H30ClN3O3/c1-4-12-25(17-8-6-5-7-9-17)21(27)15-24(2)14-20(26)23-18-13-16(22)10-11-19(18)28-3/h8,10-11,13H,4-7,9,12,14-15H2,1-3H3,(H,23,26)/p+1. The summed E-state index contributed by atoms with van der Waals surface area (Å²) in [7, 11) is 3.39. The summed E-state index contributed by atoms with van der Waals surface area (Å²) in [5.74, 6) is 0.426. The molecular weight excluding hydrogens is 378 g/mol. The summed E-state index contributed by atoms with van der Waals surface area (Å²) in [5.41, 5.74) is 1.66. The zero-order valence-corrected chi connectivity index (χ0v) is 17.8. The molecule has 2 rings (SSSR count). The summed E-state index contributed by atoms with van der Waals surface area (Å²) in [6.45, 7) is 3.26. The maximum atomic E-state index is 12.8. The number of methoxy groups -OCH3 is 1. The number of allylic oxidation sites excluding steroid dienone is 2. The number of carbonyl (C=O) groups excluding carboxylic acids is 2. The van der Waals surface area contributed by atoms with Crippen LogP contribution in [-0.4, -0.2) is 50.5 Å². The Bertz CT molecular complexity index is 721. The summed E-state index contributed by atoms with van der Waals surface area (Å²) in [5, 5.41) is 3.34. The molecule has 0 bridgehead atoms. The van der Waals surface area contributed by atoms with Crippen LogP contribution in [0.25, 0.3) is 0 Å². The second kappa shape index (κ2) is 11.1. The highest BCUT2D eigenvalue weighted by Gasteiger charge is 2.23. The second-order valence-electron chi connectivity index (χ2n) is 7.19. The highest BCUT2D eigenvalue weighted by Crippen LogP contribution is 2.27. The number of quaternary nitrogens is 1. The van der Waals surface area contributed by atoms with Gasteiger partial charge < -0.3 is 19.9 Å². The van der Waals surface area contributed by atoms with E-state index in [-0.39, 0.29) is 24.9 Å². The molecule has 0 radical (unpaired) electrons. The highest BCUT2D eigenvalue weighted by atomic mass is 35.5. The zero-order chi connectivity index (χ0) is 20.5. The molecule has 28 heavy (non-hydrogen) atoms. The highest BCUT2D eigenvalue weighted by molar-refractivity contribution is 6.31. The Kier molecular flexibility index (Phi) is 8.80. The molecule has 6 nitrogen and oxygen atoms in total. The summed E-state index contributed by atoms with van der Waals surface area (Å²) < 4.78 is 5.25. The predicted molar refractivity (Wildman–Crippen MR) is 112 cm³/mol. The first-order valence-corrected chi connectivity index (χ1v) is 10.3. The van der Waals surface area contributed by atoms with Gasteiger partial charge in [-0.3, -0.25) is 9.59 Å². The minimum Gasteiger partial charge on any atom is -0.495 e. The Morgan fingerprint density at radius 1 is 1.29 bits per heavy atom. The van der Waals surface area contributed by atoms with Crippen LogP contribution in [0.2, 0.25) is 5.02 Å². The Balaban J connectivity index is 1.93. The van der Waals surface area contributed by atoms with Gasteiger partial charge >= 0.3 is 0 Å². The van der Waals surface area contributed by atoms with Crippen molar-refractivity contribution >= 4 is 29.1 Å². The van der Waals surface area contributed by atoms with Gasteiger partial charge in [0.15, 0.2) is 13.1 Å². The van der Waals surface area contributed by atoms with Crippen molar-refractivity contribution in [2.75, 3.05) is 39.1 Å². The lowest BCUT2D eigenvalue weighted by Gasteiger charge is -2.28. The fourth-order valence-corrected chi connectivity index (χ4v) is 3.55. The average molecular weight is 409 g/mol. The van der Waals surface area contributed by atoms with E-state index in [0.29, 0.717) is 16.5 Å². The molecule has 7 heteroatoms. The van der Waals surface area contributed by atoms with E-state index >= 15 is 0 Å². The Hall–Kier alpha value is -2.05. The molecule has 2 N–H and O–H groups in total. The summed E-state index contributed by atoms with van der Waals surface area (Å²) in [6, 6.07) is 5.06. The number of nitrogens with zero attached hydrogens (tertiary/aromatic N) is 1. The number of halogens is 1. The van der Waals surface area contributed by atoms with E-state index in [4.69, 9.17) is 16.3 Å². The van der Waals surface area contributed by atoms with Crippen molar-refractivity contribution in [3.8, 4) is 5.75 Å². The number of benzene rings is 1. The number of anilines is 1. The van der Waals surface area contributed by atoms with Crippen LogP contribution in [0.1, 0.15) is 39.0 Å². The summed E-state index contributed by atoms with van der Waals surface area (Å²) in [6.07, 6.45) is 7.42. The average Bonchev–Trinajstić information content (AvgIpc) is 2.66. The largest absolute Gasteiger partial charge is 0.495 e. The number of hydrogen-bond donors (Lipinski definition) is 2. The SMILES string of the molecule is CCCN(C(=O)C[NH+](C)CC(=O)Nc1cc(Cl)ccc1OC)C1=CCCCC1. The number of amides is 2. The third-order valence-corrected chi connectivity index (χ3v) is 4.95. The maximum Gasteiger partial charge on any atom is 0.281 e. The van der Waals surface area contributed by atoms with E-state index in [9.17, 15) is 9.59 Å². The molecule has 0 aliphatic heterocycles. The molecule has 2 amide bonds. The van der Waals surface area contributed by atoms with Crippen molar-refractivity contribution in [2.24, 2.45) is 0 Å². The van der Waals surface area contributed by atoms with E-state index < -0.39 is 0 Å². The first kappa shape index (κ1) is 22.2. The van der Waals surface area contributed by atoms with E-state index in [1.807, 2.05) is 11.9 Å². The first-order chi connectivity index (χ1) is 13.4. The number of carbonyl (C=O) groups is 2. The van der Waals surface area contributed by atoms with Crippen molar-refractivity contribution in [1.82, 2.24) is 4.90 Å². The van der Waals surface area contributed by atoms with Gasteiger partial charge in [-0.1, -0.05) is 24.6 Å². The lowest BCUT2D eigenvalue weighted by atomic mass is 10.0. The molecule has 1 unspecified atom stereocenters. The molecule has 154 valence electrons. The summed E-state index contributed by atoms with van der Waals surface area (Å²) in [4.78, 5) is 28.0. The van der Waals surface area contributed by atoms with Gasteiger partial charge in [0, 0.05) is 17.3 Å². The number of nitrogens with one attached hydrogen (secondary N) is 2. The second-order valence-corrected chi connectivity index (χ2v) is 7.63. The predicted octanol–water partition coefficient (Wildman–Crippen LogP) is 2.50. The van der Waals surface area contributed by atoms with Gasteiger partial charge in [0.2, 0.25) is 0 Å². The Labute approximate surface area is 172 Å². The molecule has 0 saturated heterocycles. The molecule has 1 aliphatic rings. The van der Waals surface area contributed by atoms with E-state index in [0.717, 1.165) is 42.8 Å². The van der Waals surface area contributed by atoms with Gasteiger partial charge in [-0.15, -0.1) is 0 Å². The lowest BCUT2D eigenvalue weighted by molar-refractivity contribution is -0.862. The quantitative estimate of drug-likeness (QED) is 0.659. The molecule has 1 aromatic rings. The molecule has 0 fully saturated rings. The fraction of sp³-hybridized carbons (Fsp3) is 0.524. The van der Waals surface area contributed by atoms with Crippen molar-refractivity contribution in [3.63, 3.8) is 0 Å². The van der Waals surface area contributed by atoms with Crippen LogP contribution in [0, 0.1) is 0 Å². The van der Waals surface area contributed by atoms with Crippen LogP contribution in [0.5, 0.6) is 5.75 Å². The van der Waals surface area contributed by atoms with Crippen LogP contribution in [-0.2, 0) is 9.59 Å². The van der Waals surface area contributed by atoms with Crippen molar-refractivity contribution in [3.05, 3.63) is 35.0 Å². The normalized spacial score (nSPS) is 14.8. The molecule has 0 saturated carbocycles. The molecular formula is C21H31ClN3O3+. The summed E-state index contributed by atoms with van der Waals surface area (Å²) >= 11 is 6.00.